The fraction of sp³-hybridized carbons (Fsp3) is 1.00. The van der Waals surface area contributed by atoms with Crippen molar-refractivity contribution in [1.29, 1.82) is 0 Å². The van der Waals surface area contributed by atoms with Crippen LogP contribution in [0.3, 0.4) is 0 Å². The van der Waals surface area contributed by atoms with E-state index in [0.717, 1.165) is 0 Å². The molecular formula is C4H9Sn+3. The molecule has 26 valence electrons. The van der Waals surface area contributed by atoms with Crippen molar-refractivity contribution in [2.24, 2.45) is 0 Å². The van der Waals surface area contributed by atoms with Crippen LogP contribution in [0.15, 0.2) is 0 Å². The SMILES string of the molecule is [2H]C([2H])([2H])[C]([Sn+3])(C([2H])([2H])[2H])C([2H])([2H])[2H]. The zero-order valence-electron chi connectivity index (χ0n) is 11.5. The summed E-state index contributed by atoms with van der Waals surface area (Å²) in [6.07, 6.45) is 0. The van der Waals surface area contributed by atoms with E-state index >= 15 is 0 Å². The van der Waals surface area contributed by atoms with Gasteiger partial charge in [-0.1, -0.05) is 0 Å². The molecule has 0 bridgehead atoms. The molecule has 0 saturated heterocycles. The first-order valence-electron chi connectivity index (χ1n) is 5.50. The molecule has 0 heterocycles. The van der Waals surface area contributed by atoms with Crippen LogP contribution in [0.5, 0.6) is 0 Å². The van der Waals surface area contributed by atoms with Gasteiger partial charge < -0.3 is 0 Å². The van der Waals surface area contributed by atoms with Crippen LogP contribution in [0.1, 0.15) is 32.9 Å². The van der Waals surface area contributed by atoms with Crippen molar-refractivity contribution >= 4 is 22.5 Å². The van der Waals surface area contributed by atoms with Gasteiger partial charge in [-0.15, -0.1) is 0 Å². The first kappa shape index (κ1) is 0.701. The van der Waals surface area contributed by atoms with E-state index in [9.17, 15) is 0 Å². The van der Waals surface area contributed by atoms with Crippen molar-refractivity contribution < 1.29 is 12.3 Å². The van der Waals surface area contributed by atoms with Crippen LogP contribution < -0.4 is 0 Å². The van der Waals surface area contributed by atoms with Crippen molar-refractivity contribution in [3.63, 3.8) is 0 Å². The summed E-state index contributed by atoms with van der Waals surface area (Å²) in [7, 11) is 0. The van der Waals surface area contributed by atoms with E-state index in [1.54, 1.807) is 0 Å². The maximum absolute atomic E-state index is 7.03. The van der Waals surface area contributed by atoms with E-state index in [0.29, 0.717) is 0 Å². The monoisotopic (exact) mass is 186 g/mol. The summed E-state index contributed by atoms with van der Waals surface area (Å²) in [6.45, 7) is -9.04. The van der Waals surface area contributed by atoms with Crippen LogP contribution >= 0.6 is 0 Å². The van der Waals surface area contributed by atoms with Crippen LogP contribution in [-0.2, 0) is 0 Å². The summed E-state index contributed by atoms with van der Waals surface area (Å²) in [6, 6.07) is 0. The van der Waals surface area contributed by atoms with Crippen molar-refractivity contribution in [2.45, 2.75) is 24.0 Å². The summed E-state index contributed by atoms with van der Waals surface area (Å²) in [5.74, 6) is 0. The third-order valence-corrected chi connectivity index (χ3v) is 0. The summed E-state index contributed by atoms with van der Waals surface area (Å²) >= 11 is -0.0225. The standard InChI is InChI=1S/C4H9.Sn/c1-4(2)3;/h1-3H3;/q;+3/i1D3,2D3,3D3;. The Bertz CT molecular complexity index is 170. The summed E-state index contributed by atoms with van der Waals surface area (Å²) in [5.41, 5.74) is 0. The summed E-state index contributed by atoms with van der Waals surface area (Å²) in [5, 5.41) is 0. The predicted molar refractivity (Wildman–Crippen MR) is 25.5 cm³/mol. The Morgan fingerprint density at radius 1 is 1.60 bits per heavy atom. The average molecular weight is 185 g/mol. The minimum absolute atomic E-state index is 0.0225. The van der Waals surface area contributed by atoms with Gasteiger partial charge in [-0.25, -0.2) is 0 Å². The zero-order valence-corrected chi connectivity index (χ0v) is 5.35. The zero-order chi connectivity index (χ0) is 12.0. The van der Waals surface area contributed by atoms with Gasteiger partial charge in [0.05, 0.1) is 0 Å². The second-order valence-corrected chi connectivity index (χ2v) is 2.89. The Labute approximate surface area is 59.7 Å². The molecule has 0 unspecified atom stereocenters. The Hall–Kier alpha value is 0.799. The molecule has 0 nitrogen and oxygen atoms in total. The minimum atomic E-state index is -3.01. The van der Waals surface area contributed by atoms with E-state index in [1.165, 1.54) is 0 Å². The van der Waals surface area contributed by atoms with Crippen LogP contribution in [0, 0.1) is 0 Å². The number of hydrogen-bond acceptors (Lipinski definition) is 0. The third-order valence-electron chi connectivity index (χ3n) is 0. The van der Waals surface area contributed by atoms with Gasteiger partial charge in [-0.3, -0.25) is 0 Å². The van der Waals surface area contributed by atoms with E-state index < -0.39 is 24.0 Å². The van der Waals surface area contributed by atoms with Crippen LogP contribution in [0.4, 0.5) is 0 Å². The van der Waals surface area contributed by atoms with Gasteiger partial charge in [-0.05, 0) is 0 Å². The third kappa shape index (κ3) is 58.9. The van der Waals surface area contributed by atoms with Crippen LogP contribution in [0.25, 0.3) is 0 Å². The van der Waals surface area contributed by atoms with Crippen molar-refractivity contribution in [2.75, 3.05) is 0 Å². The number of rotatable bonds is 0. The molecule has 0 saturated carbocycles. The molecule has 0 aliphatic rings. The molecule has 0 spiro atoms. The van der Waals surface area contributed by atoms with Crippen LogP contribution in [-0.4, -0.2) is 22.5 Å². The molecule has 0 atom stereocenters. The fourth-order valence-corrected chi connectivity index (χ4v) is 0. The van der Waals surface area contributed by atoms with Gasteiger partial charge in [-0.2, -0.15) is 0 Å². The normalized spacial score (nSPS) is 46.4. The first-order valence-corrected chi connectivity index (χ1v) is 2.43. The molecule has 0 amide bonds. The summed E-state index contributed by atoms with van der Waals surface area (Å²) in [4.78, 5) is 0. The second-order valence-electron chi connectivity index (χ2n) is 0.750. The van der Waals surface area contributed by atoms with Gasteiger partial charge >= 0.3 is 58.8 Å². The molecular weight excluding hydrogens is 167 g/mol. The summed E-state index contributed by atoms with van der Waals surface area (Å²) < 4.78 is 60.7. The Kier molecular flexibility index (Phi) is 0.210. The average Bonchev–Trinajstić information content (AvgIpc) is 1.77. The van der Waals surface area contributed by atoms with E-state index in [1.807, 2.05) is 0 Å². The van der Waals surface area contributed by atoms with Crippen LogP contribution in [0.2, 0.25) is 3.43 Å². The molecule has 0 aromatic heterocycles. The van der Waals surface area contributed by atoms with E-state index in [4.69, 9.17) is 12.3 Å². The predicted octanol–water partition coefficient (Wildman–Crippen LogP) is 1.37. The molecule has 0 fully saturated rings. The quantitative estimate of drug-likeness (QED) is 0.500. The maximum atomic E-state index is 7.03. The molecule has 0 aromatic carbocycles. The van der Waals surface area contributed by atoms with Crippen molar-refractivity contribution in [3.05, 3.63) is 0 Å². The van der Waals surface area contributed by atoms with Gasteiger partial charge in [0.25, 0.3) is 0 Å². The topological polar surface area (TPSA) is 0 Å². The molecule has 0 rings (SSSR count). The molecule has 0 N–H and O–H groups in total. The molecule has 0 aromatic rings. The molecule has 5 heavy (non-hydrogen) atoms. The van der Waals surface area contributed by atoms with E-state index in [-0.39, 0.29) is 22.5 Å². The number of hydrogen-bond donors (Lipinski definition) is 0. The van der Waals surface area contributed by atoms with Crippen molar-refractivity contribution in [3.8, 4) is 0 Å². The van der Waals surface area contributed by atoms with Gasteiger partial charge in [0.1, 0.15) is 0 Å². The Morgan fingerprint density at radius 2 is 2.00 bits per heavy atom. The molecule has 0 aliphatic carbocycles. The van der Waals surface area contributed by atoms with Gasteiger partial charge in [0, 0.05) is 0 Å². The van der Waals surface area contributed by atoms with Crippen molar-refractivity contribution in [1.82, 2.24) is 0 Å². The van der Waals surface area contributed by atoms with Gasteiger partial charge in [0.2, 0.25) is 0 Å². The molecule has 0 radical (unpaired) electrons. The Balaban J connectivity index is 5.54. The molecule has 0 aliphatic heterocycles. The van der Waals surface area contributed by atoms with Gasteiger partial charge in [0.15, 0.2) is 0 Å². The Morgan fingerprint density at radius 3 is 2.00 bits per heavy atom. The molecule has 1 heteroatoms. The first-order chi connectivity index (χ1) is 5.75. The fourth-order valence-electron chi connectivity index (χ4n) is 0. The second kappa shape index (κ2) is 1.50. The van der Waals surface area contributed by atoms with E-state index in [2.05, 4.69) is 0 Å².